The summed E-state index contributed by atoms with van der Waals surface area (Å²) in [4.78, 5) is 40.1. The molecule has 2 N–H and O–H groups in total. The monoisotopic (exact) mass is 470 g/mol. The summed E-state index contributed by atoms with van der Waals surface area (Å²) < 4.78 is 0. The van der Waals surface area contributed by atoms with Crippen LogP contribution in [-0.2, 0) is 14.4 Å². The van der Waals surface area contributed by atoms with Gasteiger partial charge in [0.25, 0.3) is 11.7 Å². The van der Waals surface area contributed by atoms with Crippen LogP contribution in [0, 0.1) is 0 Å². The molecule has 1 heterocycles. The second-order valence-electron chi connectivity index (χ2n) is 8.19. The van der Waals surface area contributed by atoms with Crippen LogP contribution < -0.4 is 4.90 Å². The number of unbranched alkanes of at least 4 members (excludes halogenated alkanes) is 2. The van der Waals surface area contributed by atoms with Crippen LogP contribution in [-0.4, -0.2) is 53.4 Å². The third kappa shape index (κ3) is 5.54. The highest BCUT2D eigenvalue weighted by Gasteiger charge is 2.45. The van der Waals surface area contributed by atoms with Crippen molar-refractivity contribution >= 4 is 40.7 Å². The van der Waals surface area contributed by atoms with Crippen LogP contribution in [0.2, 0.25) is 5.02 Å². The van der Waals surface area contributed by atoms with Gasteiger partial charge < -0.3 is 20.0 Å². The van der Waals surface area contributed by atoms with Crippen molar-refractivity contribution in [3.63, 3.8) is 0 Å². The van der Waals surface area contributed by atoms with Gasteiger partial charge in [0.1, 0.15) is 5.76 Å². The first-order chi connectivity index (χ1) is 15.7. The summed E-state index contributed by atoms with van der Waals surface area (Å²) in [6, 6.07) is 13.2. The largest absolute Gasteiger partial charge is 0.507 e. The number of ketones is 1. The second kappa shape index (κ2) is 10.5. The number of aliphatic hydroxyl groups excluding tert-OH is 1. The molecule has 33 heavy (non-hydrogen) atoms. The summed E-state index contributed by atoms with van der Waals surface area (Å²) >= 11 is 5.95. The maximum Gasteiger partial charge on any atom is 0.303 e. The number of rotatable bonds is 9. The Bertz CT molecular complexity index is 1060. The van der Waals surface area contributed by atoms with Crippen molar-refractivity contribution in [2.45, 2.75) is 31.7 Å². The lowest BCUT2D eigenvalue weighted by Gasteiger charge is -2.26. The molecule has 0 aromatic heterocycles. The van der Waals surface area contributed by atoms with E-state index in [1.807, 2.05) is 43.3 Å². The smallest absolute Gasteiger partial charge is 0.303 e. The third-order valence-electron chi connectivity index (χ3n) is 5.67. The van der Waals surface area contributed by atoms with Gasteiger partial charge in [0, 0.05) is 43.3 Å². The Balaban J connectivity index is 1.98. The van der Waals surface area contributed by atoms with Crippen molar-refractivity contribution in [1.82, 2.24) is 4.90 Å². The molecule has 0 saturated carbocycles. The van der Waals surface area contributed by atoms with Gasteiger partial charge >= 0.3 is 5.97 Å². The Morgan fingerprint density at radius 3 is 2.18 bits per heavy atom. The molecule has 1 saturated heterocycles. The van der Waals surface area contributed by atoms with Crippen molar-refractivity contribution in [2.24, 2.45) is 0 Å². The molecular formula is C25H27ClN2O5. The van der Waals surface area contributed by atoms with E-state index in [-0.39, 0.29) is 24.3 Å². The molecule has 3 rings (SSSR count). The number of likely N-dealkylation sites (tertiary alicyclic amines) is 1. The SMILES string of the molecule is CN(C)c1ccc([C@@H]2C(=C(O)c3ccc(Cl)cc3)C(=O)C(=O)N2CCCCCC(=O)O)cc1. The number of aliphatic carboxylic acids is 1. The molecule has 8 heteroatoms. The lowest BCUT2D eigenvalue weighted by molar-refractivity contribution is -0.140. The van der Waals surface area contributed by atoms with Crippen LogP contribution in [0.3, 0.4) is 0 Å². The number of hydrogen-bond donors (Lipinski definition) is 2. The number of nitrogens with zero attached hydrogens (tertiary/aromatic N) is 2. The number of carboxylic acid groups (broad SMARTS) is 1. The second-order valence-corrected chi connectivity index (χ2v) is 8.63. The number of Topliss-reactive ketones (excluding diaryl/α,β-unsaturated/α-hetero) is 1. The number of amides is 1. The van der Waals surface area contributed by atoms with E-state index in [0.29, 0.717) is 35.4 Å². The standard InChI is InChI=1S/C25H27ClN2O5/c1-27(2)19-13-9-16(10-14-19)22-21(23(31)17-7-11-18(26)12-8-17)24(32)25(33)28(22)15-5-3-4-6-20(29)30/h7-14,22,31H,3-6,15H2,1-2H3,(H,29,30)/t22-/m1/s1. The lowest BCUT2D eigenvalue weighted by Crippen LogP contribution is -2.30. The fraction of sp³-hybridized carbons (Fsp3) is 0.320. The molecule has 1 fully saturated rings. The summed E-state index contributed by atoms with van der Waals surface area (Å²) in [5.41, 5.74) is 2.10. The zero-order valence-corrected chi connectivity index (χ0v) is 19.4. The van der Waals surface area contributed by atoms with E-state index in [0.717, 1.165) is 5.69 Å². The first-order valence-electron chi connectivity index (χ1n) is 10.7. The van der Waals surface area contributed by atoms with Gasteiger partial charge in [0.05, 0.1) is 11.6 Å². The van der Waals surface area contributed by atoms with E-state index < -0.39 is 23.7 Å². The number of benzene rings is 2. The summed E-state index contributed by atoms with van der Waals surface area (Å²) in [5, 5.41) is 20.3. The molecular weight excluding hydrogens is 444 g/mol. The highest BCUT2D eigenvalue weighted by molar-refractivity contribution is 6.46. The Morgan fingerprint density at radius 2 is 1.61 bits per heavy atom. The Labute approximate surface area is 197 Å². The van der Waals surface area contributed by atoms with E-state index in [9.17, 15) is 19.5 Å². The Hall–Kier alpha value is -3.32. The fourth-order valence-electron chi connectivity index (χ4n) is 3.91. The Kier molecular flexibility index (Phi) is 7.76. The number of aliphatic hydroxyl groups is 1. The highest BCUT2D eigenvalue weighted by atomic mass is 35.5. The van der Waals surface area contributed by atoms with Crippen LogP contribution in [0.1, 0.15) is 42.9 Å². The molecule has 1 aliphatic heterocycles. The average molecular weight is 471 g/mol. The molecule has 7 nitrogen and oxygen atoms in total. The van der Waals surface area contributed by atoms with Gasteiger partial charge in [-0.3, -0.25) is 14.4 Å². The topological polar surface area (TPSA) is 98.2 Å². The van der Waals surface area contributed by atoms with E-state index in [4.69, 9.17) is 16.7 Å². The van der Waals surface area contributed by atoms with Gasteiger partial charge in [0.2, 0.25) is 0 Å². The number of hydrogen-bond acceptors (Lipinski definition) is 5. The van der Waals surface area contributed by atoms with E-state index in [1.54, 1.807) is 24.3 Å². The molecule has 174 valence electrons. The van der Waals surface area contributed by atoms with E-state index in [1.165, 1.54) is 4.90 Å². The zero-order chi connectivity index (χ0) is 24.1. The first-order valence-corrected chi connectivity index (χ1v) is 11.1. The van der Waals surface area contributed by atoms with E-state index in [2.05, 4.69) is 0 Å². The minimum atomic E-state index is -0.862. The number of halogens is 1. The molecule has 2 aromatic carbocycles. The lowest BCUT2D eigenvalue weighted by atomic mass is 9.95. The Morgan fingerprint density at radius 1 is 0.970 bits per heavy atom. The van der Waals surface area contributed by atoms with Crippen molar-refractivity contribution in [2.75, 3.05) is 25.5 Å². The number of carbonyl (C=O) groups is 3. The summed E-state index contributed by atoms with van der Waals surface area (Å²) in [6.45, 7) is 0.279. The van der Waals surface area contributed by atoms with Crippen molar-refractivity contribution < 1.29 is 24.6 Å². The summed E-state index contributed by atoms with van der Waals surface area (Å²) in [7, 11) is 3.83. The molecule has 0 aliphatic carbocycles. The highest BCUT2D eigenvalue weighted by Crippen LogP contribution is 2.40. The number of carbonyl (C=O) groups excluding carboxylic acids is 2. The van der Waals surface area contributed by atoms with Crippen molar-refractivity contribution in [1.29, 1.82) is 0 Å². The number of carboxylic acids is 1. The normalized spacial score (nSPS) is 17.4. The summed E-state index contributed by atoms with van der Waals surface area (Å²) in [5.74, 6) is -2.53. The van der Waals surface area contributed by atoms with Crippen molar-refractivity contribution in [3.8, 4) is 0 Å². The molecule has 2 aromatic rings. The number of anilines is 1. The van der Waals surface area contributed by atoms with Gasteiger partial charge in [0.15, 0.2) is 0 Å². The molecule has 0 unspecified atom stereocenters. The van der Waals surface area contributed by atoms with Gasteiger partial charge in [-0.1, -0.05) is 30.2 Å². The maximum atomic E-state index is 13.0. The van der Waals surface area contributed by atoms with Crippen LogP contribution in [0.5, 0.6) is 0 Å². The molecule has 1 aliphatic rings. The molecule has 1 atom stereocenters. The predicted molar refractivity (Wildman–Crippen MR) is 127 cm³/mol. The molecule has 0 radical (unpaired) electrons. The summed E-state index contributed by atoms with van der Waals surface area (Å²) in [6.07, 6.45) is 1.71. The fourth-order valence-corrected chi connectivity index (χ4v) is 4.04. The van der Waals surface area contributed by atoms with Gasteiger partial charge in [-0.2, -0.15) is 0 Å². The van der Waals surface area contributed by atoms with Gasteiger partial charge in [-0.05, 0) is 54.8 Å². The maximum absolute atomic E-state index is 13.0. The van der Waals surface area contributed by atoms with Gasteiger partial charge in [-0.15, -0.1) is 0 Å². The van der Waals surface area contributed by atoms with Crippen LogP contribution in [0.15, 0.2) is 54.1 Å². The molecule has 1 amide bonds. The zero-order valence-electron chi connectivity index (χ0n) is 18.6. The van der Waals surface area contributed by atoms with E-state index >= 15 is 0 Å². The van der Waals surface area contributed by atoms with Gasteiger partial charge in [-0.25, -0.2) is 0 Å². The molecule has 0 bridgehead atoms. The predicted octanol–water partition coefficient (Wildman–Crippen LogP) is 4.47. The van der Waals surface area contributed by atoms with Crippen LogP contribution in [0.4, 0.5) is 5.69 Å². The minimum Gasteiger partial charge on any atom is -0.507 e. The van der Waals surface area contributed by atoms with Crippen LogP contribution in [0.25, 0.3) is 5.76 Å². The average Bonchev–Trinajstić information content (AvgIpc) is 3.03. The third-order valence-corrected chi connectivity index (χ3v) is 5.92. The van der Waals surface area contributed by atoms with Crippen molar-refractivity contribution in [3.05, 3.63) is 70.3 Å². The molecule has 0 spiro atoms. The quantitative estimate of drug-likeness (QED) is 0.243. The first kappa shape index (κ1) is 24.3. The minimum absolute atomic E-state index is 0.0328. The van der Waals surface area contributed by atoms with Crippen LogP contribution >= 0.6 is 11.6 Å².